The lowest BCUT2D eigenvalue weighted by Gasteiger charge is -2.21. The highest BCUT2D eigenvalue weighted by atomic mass is 127. The molecule has 0 aliphatic heterocycles. The predicted molar refractivity (Wildman–Crippen MR) is 89.8 cm³/mol. The summed E-state index contributed by atoms with van der Waals surface area (Å²) in [6.07, 6.45) is 2.05. The number of benzene rings is 1. The molecule has 1 aliphatic rings. The lowest BCUT2D eigenvalue weighted by molar-refractivity contribution is -0.137. The zero-order chi connectivity index (χ0) is 14.9. The molecule has 1 amide bonds. The maximum atomic E-state index is 12.5. The first-order chi connectivity index (χ1) is 9.38. The average Bonchev–Trinajstić information content (AvgIpc) is 3.15. The lowest BCUT2D eigenvalue weighted by Crippen LogP contribution is -2.37. The molecular weight excluding hydrogens is 488 g/mol. The van der Waals surface area contributed by atoms with E-state index >= 15 is 0 Å². The quantitative estimate of drug-likeness (QED) is 0.609. The lowest BCUT2D eigenvalue weighted by atomic mass is 10.1. The van der Waals surface area contributed by atoms with Crippen LogP contribution < -0.4 is 0 Å². The number of phenolic OH excluding ortho intramolecular Hbond substituents is 1. The molecule has 0 radical (unpaired) electrons. The Morgan fingerprint density at radius 3 is 2.50 bits per heavy atom. The van der Waals surface area contributed by atoms with Crippen LogP contribution in [0.25, 0.3) is 0 Å². The van der Waals surface area contributed by atoms with E-state index in [1.807, 2.05) is 22.6 Å². The van der Waals surface area contributed by atoms with Gasteiger partial charge in [0, 0.05) is 10.1 Å². The fourth-order valence-corrected chi connectivity index (χ4v) is 3.74. The molecule has 7 heteroatoms. The third-order valence-electron chi connectivity index (χ3n) is 3.05. The zero-order valence-electron chi connectivity index (χ0n) is 10.5. The van der Waals surface area contributed by atoms with Crippen molar-refractivity contribution in [1.29, 1.82) is 0 Å². The Morgan fingerprint density at radius 2 is 1.95 bits per heavy atom. The highest BCUT2D eigenvalue weighted by molar-refractivity contribution is 14.1. The maximum absolute atomic E-state index is 12.5. The minimum absolute atomic E-state index is 0.0813. The number of rotatable bonds is 5. The van der Waals surface area contributed by atoms with Crippen molar-refractivity contribution in [1.82, 2.24) is 4.90 Å². The molecule has 1 fully saturated rings. The summed E-state index contributed by atoms with van der Waals surface area (Å²) >= 11 is 4.02. The molecule has 0 unspecified atom stereocenters. The van der Waals surface area contributed by atoms with Crippen LogP contribution in [-0.4, -0.2) is 40.1 Å². The first-order valence-corrected chi connectivity index (χ1v) is 8.23. The molecule has 108 valence electrons. The second-order valence-corrected chi connectivity index (χ2v) is 7.21. The molecule has 1 saturated carbocycles. The molecule has 2 N–H and O–H groups in total. The SMILES string of the molecule is O=C(O)CN(CC1CC1)C(=O)c1cc(I)cc(I)c1O. The van der Waals surface area contributed by atoms with Crippen molar-refractivity contribution in [2.75, 3.05) is 13.1 Å². The fraction of sp³-hybridized carbons (Fsp3) is 0.385. The number of amides is 1. The number of carboxylic acids is 1. The van der Waals surface area contributed by atoms with Gasteiger partial charge in [0.05, 0.1) is 9.13 Å². The van der Waals surface area contributed by atoms with Crippen molar-refractivity contribution in [3.05, 3.63) is 24.8 Å². The first kappa shape index (κ1) is 15.8. The number of aromatic hydroxyl groups is 1. The minimum atomic E-state index is -1.04. The van der Waals surface area contributed by atoms with E-state index in [2.05, 4.69) is 22.6 Å². The standard InChI is InChI=1S/C13H13I2NO4/c14-8-3-9(12(19)10(15)4-8)13(20)16(6-11(17)18)5-7-1-2-7/h3-4,7,19H,1-2,5-6H2,(H,17,18). The monoisotopic (exact) mass is 501 g/mol. The van der Waals surface area contributed by atoms with E-state index in [0.717, 1.165) is 16.4 Å². The largest absolute Gasteiger partial charge is 0.506 e. The molecule has 0 saturated heterocycles. The topological polar surface area (TPSA) is 77.8 Å². The van der Waals surface area contributed by atoms with E-state index in [0.29, 0.717) is 16.0 Å². The summed E-state index contributed by atoms with van der Waals surface area (Å²) in [5, 5.41) is 19.0. The van der Waals surface area contributed by atoms with Crippen molar-refractivity contribution in [2.24, 2.45) is 5.92 Å². The second-order valence-electron chi connectivity index (χ2n) is 4.81. The summed E-state index contributed by atoms with van der Waals surface area (Å²) in [7, 11) is 0. The Labute approximate surface area is 143 Å². The van der Waals surface area contributed by atoms with Crippen molar-refractivity contribution in [2.45, 2.75) is 12.8 Å². The van der Waals surface area contributed by atoms with E-state index in [4.69, 9.17) is 5.11 Å². The van der Waals surface area contributed by atoms with E-state index in [1.165, 1.54) is 4.90 Å². The van der Waals surface area contributed by atoms with Gasteiger partial charge in [-0.2, -0.15) is 0 Å². The van der Waals surface area contributed by atoms with Gasteiger partial charge in [-0.15, -0.1) is 0 Å². The van der Waals surface area contributed by atoms with Gasteiger partial charge in [-0.1, -0.05) is 0 Å². The van der Waals surface area contributed by atoms with E-state index in [-0.39, 0.29) is 17.9 Å². The van der Waals surface area contributed by atoms with Crippen molar-refractivity contribution in [3.63, 3.8) is 0 Å². The Balaban J connectivity index is 2.28. The summed E-state index contributed by atoms with van der Waals surface area (Å²) in [5.74, 6) is -1.16. The number of carboxylic acid groups (broad SMARTS) is 1. The van der Waals surface area contributed by atoms with Crippen molar-refractivity contribution < 1.29 is 19.8 Å². The van der Waals surface area contributed by atoms with Crippen molar-refractivity contribution >= 4 is 57.1 Å². The number of carbonyl (C=O) groups excluding carboxylic acids is 1. The van der Waals surface area contributed by atoms with Gasteiger partial charge in [-0.3, -0.25) is 9.59 Å². The van der Waals surface area contributed by atoms with Crippen LogP contribution in [0.3, 0.4) is 0 Å². The predicted octanol–water partition coefficient (Wildman–Crippen LogP) is 2.54. The number of hydrogen-bond acceptors (Lipinski definition) is 3. The summed E-state index contributed by atoms with van der Waals surface area (Å²) in [5.41, 5.74) is 0.170. The summed E-state index contributed by atoms with van der Waals surface area (Å²) < 4.78 is 1.41. The van der Waals surface area contributed by atoms with E-state index in [1.54, 1.807) is 12.1 Å². The molecule has 0 aromatic heterocycles. The van der Waals surface area contributed by atoms with Crippen LogP contribution in [0.1, 0.15) is 23.2 Å². The van der Waals surface area contributed by atoms with Crippen LogP contribution in [0.5, 0.6) is 5.75 Å². The average molecular weight is 501 g/mol. The number of aliphatic carboxylic acids is 1. The third-order valence-corrected chi connectivity index (χ3v) is 4.49. The number of halogens is 2. The van der Waals surface area contributed by atoms with Gasteiger partial charge in [0.25, 0.3) is 5.91 Å². The molecule has 1 aromatic rings. The van der Waals surface area contributed by atoms with Gasteiger partial charge in [0.15, 0.2) is 0 Å². The maximum Gasteiger partial charge on any atom is 0.323 e. The van der Waals surface area contributed by atoms with Gasteiger partial charge in [0.2, 0.25) is 0 Å². The van der Waals surface area contributed by atoms with E-state index in [9.17, 15) is 14.7 Å². The minimum Gasteiger partial charge on any atom is -0.506 e. The van der Waals surface area contributed by atoms with Gasteiger partial charge in [0.1, 0.15) is 12.3 Å². The number of phenols is 1. The molecular formula is C13H13I2NO4. The normalized spacial score (nSPS) is 14.1. The molecule has 1 aromatic carbocycles. The number of hydrogen-bond donors (Lipinski definition) is 2. The molecule has 1 aliphatic carbocycles. The summed E-state index contributed by atoms with van der Waals surface area (Å²) in [6, 6.07) is 3.35. The third kappa shape index (κ3) is 3.96. The van der Waals surface area contributed by atoms with E-state index < -0.39 is 11.9 Å². The number of nitrogens with zero attached hydrogens (tertiary/aromatic N) is 1. The summed E-state index contributed by atoms with van der Waals surface area (Å²) in [4.78, 5) is 24.7. The molecule has 5 nitrogen and oxygen atoms in total. The Hall–Kier alpha value is -0.580. The smallest absolute Gasteiger partial charge is 0.323 e. The molecule has 2 rings (SSSR count). The van der Waals surface area contributed by atoms with Crippen LogP contribution in [-0.2, 0) is 4.79 Å². The van der Waals surface area contributed by atoms with Crippen LogP contribution in [0.15, 0.2) is 12.1 Å². The van der Waals surface area contributed by atoms with Crippen molar-refractivity contribution in [3.8, 4) is 5.75 Å². The molecule has 0 spiro atoms. The highest BCUT2D eigenvalue weighted by Crippen LogP contribution is 2.32. The molecule has 0 bridgehead atoms. The molecule has 20 heavy (non-hydrogen) atoms. The van der Waals surface area contributed by atoms with Crippen LogP contribution in [0.4, 0.5) is 0 Å². The summed E-state index contributed by atoms with van der Waals surface area (Å²) in [6.45, 7) is 0.101. The van der Waals surface area contributed by atoms with Gasteiger partial charge in [-0.05, 0) is 76.1 Å². The first-order valence-electron chi connectivity index (χ1n) is 6.07. The van der Waals surface area contributed by atoms with Crippen LogP contribution in [0.2, 0.25) is 0 Å². The second kappa shape index (κ2) is 6.46. The Kier molecular flexibility index (Phi) is 5.10. The molecule has 0 heterocycles. The Bertz CT molecular complexity index is 558. The zero-order valence-corrected chi connectivity index (χ0v) is 14.8. The number of carbonyl (C=O) groups is 2. The Morgan fingerprint density at radius 1 is 1.30 bits per heavy atom. The van der Waals surface area contributed by atoms with Gasteiger partial charge >= 0.3 is 5.97 Å². The molecule has 0 atom stereocenters. The highest BCUT2D eigenvalue weighted by Gasteiger charge is 2.29. The van der Waals surface area contributed by atoms with Gasteiger partial charge in [-0.25, -0.2) is 0 Å². The van der Waals surface area contributed by atoms with Gasteiger partial charge < -0.3 is 15.1 Å². The fourth-order valence-electron chi connectivity index (χ4n) is 1.89. The van der Waals surface area contributed by atoms with Crippen LogP contribution >= 0.6 is 45.2 Å². The van der Waals surface area contributed by atoms with Crippen LogP contribution in [0, 0.1) is 13.1 Å².